The zero-order valence-corrected chi connectivity index (χ0v) is 26.7. The van der Waals surface area contributed by atoms with Gasteiger partial charge >= 0.3 is 0 Å². The van der Waals surface area contributed by atoms with E-state index in [1.165, 1.54) is 0 Å². The quantitative estimate of drug-likeness (QED) is 0.193. The average Bonchev–Trinajstić information content (AvgIpc) is 3.70. The largest absolute Gasteiger partial charge is 0.309 e. The topological polar surface area (TPSA) is 81.2 Å². The highest BCUT2D eigenvalue weighted by Crippen LogP contribution is 2.42. The minimum atomic E-state index is 0.565. The predicted molar refractivity (Wildman–Crippen MR) is 200 cm³/mol. The molecule has 0 saturated heterocycles. The third kappa shape index (κ3) is 4.24. The summed E-state index contributed by atoms with van der Waals surface area (Å²) in [6, 6.07) is 57.7. The summed E-state index contributed by atoms with van der Waals surface area (Å²) >= 11 is 0. The van der Waals surface area contributed by atoms with Crippen LogP contribution in [0.4, 0.5) is 0 Å². The third-order valence-corrected chi connectivity index (χ3v) is 9.63. The second kappa shape index (κ2) is 11.4. The van der Waals surface area contributed by atoms with Crippen molar-refractivity contribution in [3.05, 3.63) is 168 Å². The lowest BCUT2D eigenvalue weighted by Crippen LogP contribution is -2.00. The van der Waals surface area contributed by atoms with Crippen LogP contribution in [0.15, 0.2) is 152 Å². The van der Waals surface area contributed by atoms with Crippen molar-refractivity contribution in [1.29, 1.82) is 15.8 Å². The Morgan fingerprint density at radius 3 is 1.84 bits per heavy atom. The van der Waals surface area contributed by atoms with Gasteiger partial charge in [-0.3, -0.25) is 0 Å². The molecule has 2 aromatic heterocycles. The van der Waals surface area contributed by atoms with Gasteiger partial charge in [-0.1, -0.05) is 91.0 Å². The van der Waals surface area contributed by atoms with Gasteiger partial charge in [0.05, 0.1) is 56.6 Å². The zero-order chi connectivity index (χ0) is 33.8. The van der Waals surface area contributed by atoms with E-state index in [1.807, 2.05) is 84.9 Å². The number of rotatable bonds is 4. The van der Waals surface area contributed by atoms with Crippen molar-refractivity contribution in [3.8, 4) is 51.8 Å². The number of hydrogen-bond donors (Lipinski definition) is 0. The Balaban J connectivity index is 1.31. The number of nitriles is 3. The van der Waals surface area contributed by atoms with Gasteiger partial charge in [0.25, 0.3) is 0 Å². The molecular formula is C45H25N5. The molecule has 9 rings (SSSR count). The zero-order valence-electron chi connectivity index (χ0n) is 26.7. The van der Waals surface area contributed by atoms with Gasteiger partial charge in [-0.15, -0.1) is 0 Å². The average molecular weight is 636 g/mol. The molecule has 9 aromatic rings. The molecular weight excluding hydrogens is 611 g/mol. The maximum Gasteiger partial charge on any atom is 0.101 e. The number of fused-ring (bicyclic) bond motifs is 6. The van der Waals surface area contributed by atoms with E-state index >= 15 is 0 Å². The highest BCUT2D eigenvalue weighted by Gasteiger charge is 2.21. The van der Waals surface area contributed by atoms with Crippen LogP contribution in [0.3, 0.4) is 0 Å². The van der Waals surface area contributed by atoms with Crippen LogP contribution in [0.2, 0.25) is 0 Å². The first-order chi connectivity index (χ1) is 24.7. The fraction of sp³-hybridized carbons (Fsp3) is 0. The lowest BCUT2D eigenvalue weighted by molar-refractivity contribution is 1.17. The maximum atomic E-state index is 10.5. The molecule has 2 heterocycles. The molecule has 0 N–H and O–H groups in total. The van der Waals surface area contributed by atoms with Crippen molar-refractivity contribution < 1.29 is 0 Å². The summed E-state index contributed by atoms with van der Waals surface area (Å²) in [5.41, 5.74) is 11.2. The highest BCUT2D eigenvalue weighted by molar-refractivity contribution is 6.12. The van der Waals surface area contributed by atoms with Gasteiger partial charge in [0.15, 0.2) is 0 Å². The van der Waals surface area contributed by atoms with Gasteiger partial charge in [0.2, 0.25) is 0 Å². The summed E-state index contributed by atoms with van der Waals surface area (Å²) in [6.07, 6.45) is 0. The number of benzene rings is 7. The second-order valence-corrected chi connectivity index (χ2v) is 12.3. The lowest BCUT2D eigenvalue weighted by Gasteiger charge is -2.18. The molecule has 0 aliphatic heterocycles. The monoisotopic (exact) mass is 635 g/mol. The Bertz CT molecular complexity index is 2970. The summed E-state index contributed by atoms with van der Waals surface area (Å²) in [5.74, 6) is 0. The van der Waals surface area contributed by atoms with E-state index in [4.69, 9.17) is 0 Å². The molecule has 0 atom stereocenters. The maximum absolute atomic E-state index is 10.5. The van der Waals surface area contributed by atoms with Crippen molar-refractivity contribution in [1.82, 2.24) is 9.13 Å². The van der Waals surface area contributed by atoms with E-state index < -0.39 is 0 Å². The molecule has 0 aliphatic carbocycles. The molecule has 0 saturated carbocycles. The summed E-state index contributed by atoms with van der Waals surface area (Å²) in [6.45, 7) is 0. The van der Waals surface area contributed by atoms with E-state index in [0.717, 1.165) is 77.2 Å². The molecule has 0 spiro atoms. The third-order valence-electron chi connectivity index (χ3n) is 9.63. The number of aromatic nitrogens is 2. The molecule has 0 unspecified atom stereocenters. The summed E-state index contributed by atoms with van der Waals surface area (Å²) in [5, 5.41) is 34.5. The van der Waals surface area contributed by atoms with E-state index in [0.29, 0.717) is 16.7 Å². The van der Waals surface area contributed by atoms with Crippen molar-refractivity contribution in [2.24, 2.45) is 0 Å². The molecule has 5 heteroatoms. The molecule has 5 nitrogen and oxygen atoms in total. The SMILES string of the molecule is N#Cc1ccc2c(c1)c1ccccc1n2-c1ccccc1-c1cccc(C#N)c1-c1cccc(-n2c3ccccc3c3cccc(C#N)c32)c1. The second-order valence-electron chi connectivity index (χ2n) is 12.3. The van der Waals surface area contributed by atoms with Crippen molar-refractivity contribution in [3.63, 3.8) is 0 Å². The van der Waals surface area contributed by atoms with Crippen LogP contribution in [0, 0.1) is 34.0 Å². The smallest absolute Gasteiger partial charge is 0.101 e. The van der Waals surface area contributed by atoms with Crippen LogP contribution in [0.1, 0.15) is 16.7 Å². The van der Waals surface area contributed by atoms with Crippen LogP contribution in [-0.4, -0.2) is 9.13 Å². The lowest BCUT2D eigenvalue weighted by atomic mass is 9.89. The Kier molecular flexibility index (Phi) is 6.56. The van der Waals surface area contributed by atoms with Crippen LogP contribution in [0.25, 0.3) is 77.2 Å². The normalized spacial score (nSPS) is 11.1. The molecule has 50 heavy (non-hydrogen) atoms. The fourth-order valence-corrected chi connectivity index (χ4v) is 7.56. The molecule has 0 aliphatic rings. The van der Waals surface area contributed by atoms with Gasteiger partial charge in [-0.05, 0) is 71.8 Å². The van der Waals surface area contributed by atoms with E-state index in [9.17, 15) is 15.8 Å². The first-order valence-corrected chi connectivity index (χ1v) is 16.3. The Morgan fingerprint density at radius 1 is 0.420 bits per heavy atom. The Labute approximate surface area is 287 Å². The molecule has 0 amide bonds. The summed E-state index contributed by atoms with van der Waals surface area (Å²) < 4.78 is 4.41. The predicted octanol–water partition coefficient (Wildman–Crippen LogP) is 10.8. The van der Waals surface area contributed by atoms with Gasteiger partial charge in [0.1, 0.15) is 6.07 Å². The summed E-state index contributed by atoms with van der Waals surface area (Å²) in [7, 11) is 0. The van der Waals surface area contributed by atoms with E-state index in [1.54, 1.807) is 0 Å². The van der Waals surface area contributed by atoms with Crippen molar-refractivity contribution in [2.75, 3.05) is 0 Å². The minimum absolute atomic E-state index is 0.565. The number of hydrogen-bond acceptors (Lipinski definition) is 3. The van der Waals surface area contributed by atoms with Gasteiger partial charge in [-0.25, -0.2) is 0 Å². The van der Waals surface area contributed by atoms with Crippen LogP contribution in [-0.2, 0) is 0 Å². The highest BCUT2D eigenvalue weighted by atomic mass is 15.0. The van der Waals surface area contributed by atoms with Crippen LogP contribution >= 0.6 is 0 Å². The molecule has 0 fully saturated rings. The molecule has 230 valence electrons. The minimum Gasteiger partial charge on any atom is -0.309 e. The Morgan fingerprint density at radius 2 is 1.04 bits per heavy atom. The van der Waals surface area contributed by atoms with Gasteiger partial charge in [-0.2, -0.15) is 15.8 Å². The molecule has 0 bridgehead atoms. The first kappa shape index (κ1) is 28.8. The van der Waals surface area contributed by atoms with Crippen molar-refractivity contribution >= 4 is 43.6 Å². The fourth-order valence-electron chi connectivity index (χ4n) is 7.56. The van der Waals surface area contributed by atoms with E-state index in [2.05, 4.69) is 94.1 Å². The standard InChI is InChI=1S/C45H25N5/c46-26-29-22-23-43-39(24-29)36-16-3-6-21-42(36)50(43)41-20-5-1-14-34(41)37-17-8-11-31(27-47)44(37)30-10-7-13-33(25-30)49-40-19-4-2-15-35(40)38-18-9-12-32(28-48)45(38)49/h1-25H. The summed E-state index contributed by atoms with van der Waals surface area (Å²) in [4.78, 5) is 0. The number of para-hydroxylation sites is 4. The van der Waals surface area contributed by atoms with Gasteiger partial charge in [0, 0.05) is 38.4 Å². The van der Waals surface area contributed by atoms with E-state index in [-0.39, 0.29) is 0 Å². The van der Waals surface area contributed by atoms with Crippen LogP contribution in [0.5, 0.6) is 0 Å². The Hall–Kier alpha value is -7.39. The first-order valence-electron chi connectivity index (χ1n) is 16.3. The van der Waals surface area contributed by atoms with Gasteiger partial charge < -0.3 is 9.13 Å². The van der Waals surface area contributed by atoms with Crippen molar-refractivity contribution in [2.45, 2.75) is 0 Å². The molecule has 7 aromatic carbocycles. The number of nitrogens with zero attached hydrogens (tertiary/aromatic N) is 5. The molecule has 0 radical (unpaired) electrons. The van der Waals surface area contributed by atoms with Crippen LogP contribution < -0.4 is 0 Å².